The summed E-state index contributed by atoms with van der Waals surface area (Å²) < 4.78 is 54.2. The van der Waals surface area contributed by atoms with Gasteiger partial charge in [-0.15, -0.1) is 0 Å². The molecule has 0 bridgehead atoms. The van der Waals surface area contributed by atoms with Crippen LogP contribution in [0.15, 0.2) is 36.5 Å². The fourth-order valence-electron chi connectivity index (χ4n) is 7.70. The van der Waals surface area contributed by atoms with Crippen molar-refractivity contribution in [2.75, 3.05) is 19.0 Å². The second kappa shape index (κ2) is 41.1. The zero-order valence-corrected chi connectivity index (χ0v) is 41.0. The van der Waals surface area contributed by atoms with Crippen LogP contribution in [0.3, 0.4) is 0 Å². The van der Waals surface area contributed by atoms with Crippen LogP contribution in [-0.2, 0) is 38.7 Å². The van der Waals surface area contributed by atoms with Crippen molar-refractivity contribution in [3.63, 3.8) is 0 Å². The predicted molar refractivity (Wildman–Crippen MR) is 256 cm³/mol. The van der Waals surface area contributed by atoms with Crippen LogP contribution in [0.5, 0.6) is 0 Å². The summed E-state index contributed by atoms with van der Waals surface area (Å²) >= 11 is 0. The summed E-state index contributed by atoms with van der Waals surface area (Å²) in [5.74, 6) is -1.99. The third-order valence-electron chi connectivity index (χ3n) is 11.7. The maximum atomic E-state index is 12.9. The van der Waals surface area contributed by atoms with Gasteiger partial charge in [-0.05, 0) is 70.6 Å². The highest BCUT2D eigenvalue weighted by atomic mass is 32.2. The molecule has 1 aliphatic rings. The Morgan fingerprint density at radius 2 is 0.938 bits per heavy atom. The lowest BCUT2D eigenvalue weighted by atomic mass is 10.00. The molecule has 12 nitrogen and oxygen atoms in total. The highest BCUT2D eigenvalue weighted by Gasteiger charge is 2.46. The van der Waals surface area contributed by atoms with Gasteiger partial charge in [0.2, 0.25) is 0 Å². The standard InChI is InChI=1S/C51H92O12S/c1-3-5-7-9-11-13-15-17-18-19-20-21-22-23-24-25-26-28-30-32-34-36-38-40-47(53)62-44(42-61-51-50(56)49(55)48(54)45(63-51)43-64(57,58)59)41-60-46(52)39-37-35-33-31-29-27-16-14-12-10-8-6-4-2/h14-17,19-20,44-45,48-51,54-56H,3-13,18,21-43H2,1-2H3,(H,57,58,59)/b16-14-,17-15-,20-19-. The number of unbranched alkanes of at least 4 members (excludes halogenated alkanes) is 25. The number of aliphatic hydroxyl groups is 3. The molecule has 13 heteroatoms. The number of carbonyl (C=O) groups is 2. The Kier molecular flexibility index (Phi) is 38.4. The molecule has 1 saturated heterocycles. The Morgan fingerprint density at radius 1 is 0.531 bits per heavy atom. The minimum Gasteiger partial charge on any atom is -0.462 e. The van der Waals surface area contributed by atoms with Crippen LogP contribution >= 0.6 is 0 Å². The molecule has 0 amide bonds. The number of allylic oxidation sites excluding steroid dienone is 6. The van der Waals surface area contributed by atoms with Crippen molar-refractivity contribution in [1.82, 2.24) is 0 Å². The number of hydrogen-bond acceptors (Lipinski definition) is 11. The van der Waals surface area contributed by atoms with E-state index in [-0.39, 0.29) is 19.4 Å². The van der Waals surface area contributed by atoms with Crippen LogP contribution in [-0.4, -0.2) is 96.0 Å². The van der Waals surface area contributed by atoms with Crippen LogP contribution in [0.4, 0.5) is 0 Å². The summed E-state index contributed by atoms with van der Waals surface area (Å²) in [5, 5.41) is 30.9. The molecule has 1 fully saturated rings. The van der Waals surface area contributed by atoms with Crippen molar-refractivity contribution < 1.29 is 56.8 Å². The van der Waals surface area contributed by atoms with Crippen molar-refractivity contribution in [2.24, 2.45) is 0 Å². The Morgan fingerprint density at radius 3 is 1.41 bits per heavy atom. The van der Waals surface area contributed by atoms with Gasteiger partial charge in [0.25, 0.3) is 10.1 Å². The average Bonchev–Trinajstić information content (AvgIpc) is 3.26. The van der Waals surface area contributed by atoms with E-state index in [2.05, 4.69) is 50.3 Å². The summed E-state index contributed by atoms with van der Waals surface area (Å²) in [6.45, 7) is 3.74. The highest BCUT2D eigenvalue weighted by Crippen LogP contribution is 2.24. The third kappa shape index (κ3) is 35.1. The maximum Gasteiger partial charge on any atom is 0.306 e. The van der Waals surface area contributed by atoms with E-state index in [0.717, 1.165) is 70.6 Å². The molecule has 0 spiro atoms. The molecule has 4 N–H and O–H groups in total. The van der Waals surface area contributed by atoms with Gasteiger partial charge in [-0.2, -0.15) is 8.42 Å². The van der Waals surface area contributed by atoms with E-state index < -0.39 is 71.2 Å². The smallest absolute Gasteiger partial charge is 0.306 e. The van der Waals surface area contributed by atoms with Crippen LogP contribution in [0.2, 0.25) is 0 Å². The number of aliphatic hydroxyl groups excluding tert-OH is 3. The summed E-state index contributed by atoms with van der Waals surface area (Å²) in [4.78, 5) is 25.5. The first-order valence-electron chi connectivity index (χ1n) is 25.5. The highest BCUT2D eigenvalue weighted by molar-refractivity contribution is 7.85. The summed E-state index contributed by atoms with van der Waals surface area (Å²) in [6, 6.07) is 0. The third-order valence-corrected chi connectivity index (χ3v) is 12.4. The summed E-state index contributed by atoms with van der Waals surface area (Å²) in [5.41, 5.74) is 0. The van der Waals surface area contributed by atoms with Gasteiger partial charge in [-0.25, -0.2) is 0 Å². The quantitative estimate of drug-likeness (QED) is 0.0196. The van der Waals surface area contributed by atoms with E-state index in [1.165, 1.54) is 109 Å². The minimum atomic E-state index is -4.60. The summed E-state index contributed by atoms with van der Waals surface area (Å²) in [6.07, 6.45) is 39.0. The molecular weight excluding hydrogens is 837 g/mol. The van der Waals surface area contributed by atoms with Crippen LogP contribution < -0.4 is 0 Å². The largest absolute Gasteiger partial charge is 0.462 e. The van der Waals surface area contributed by atoms with Gasteiger partial charge >= 0.3 is 11.9 Å². The van der Waals surface area contributed by atoms with Crippen molar-refractivity contribution in [1.29, 1.82) is 0 Å². The van der Waals surface area contributed by atoms with E-state index in [1.807, 2.05) is 0 Å². The molecule has 374 valence electrons. The van der Waals surface area contributed by atoms with Crippen molar-refractivity contribution in [3.05, 3.63) is 36.5 Å². The summed E-state index contributed by atoms with van der Waals surface area (Å²) in [7, 11) is -4.60. The van der Waals surface area contributed by atoms with Crippen LogP contribution in [0.1, 0.15) is 219 Å². The molecule has 6 unspecified atom stereocenters. The molecule has 0 aromatic heterocycles. The van der Waals surface area contributed by atoms with E-state index >= 15 is 0 Å². The van der Waals surface area contributed by atoms with E-state index in [0.29, 0.717) is 12.8 Å². The zero-order chi connectivity index (χ0) is 46.9. The van der Waals surface area contributed by atoms with Crippen molar-refractivity contribution in [3.8, 4) is 0 Å². The molecule has 1 heterocycles. The van der Waals surface area contributed by atoms with Gasteiger partial charge in [0.1, 0.15) is 36.8 Å². The Labute approximate surface area is 389 Å². The first kappa shape index (κ1) is 59.9. The fourth-order valence-corrected chi connectivity index (χ4v) is 8.39. The molecular formula is C51H92O12S. The second-order valence-corrected chi connectivity index (χ2v) is 19.3. The molecule has 6 atom stereocenters. The van der Waals surface area contributed by atoms with Gasteiger partial charge in [0, 0.05) is 12.8 Å². The average molecular weight is 929 g/mol. The topological polar surface area (TPSA) is 186 Å². The normalized spacial score (nSPS) is 19.9. The second-order valence-electron chi connectivity index (χ2n) is 17.8. The first-order chi connectivity index (χ1) is 31.0. The predicted octanol–water partition coefficient (Wildman–Crippen LogP) is 11.3. The molecule has 0 aliphatic carbocycles. The van der Waals surface area contributed by atoms with Gasteiger partial charge < -0.3 is 34.3 Å². The Bertz CT molecular complexity index is 1320. The van der Waals surface area contributed by atoms with Crippen LogP contribution in [0.25, 0.3) is 0 Å². The first-order valence-corrected chi connectivity index (χ1v) is 27.2. The van der Waals surface area contributed by atoms with Gasteiger partial charge in [-0.1, -0.05) is 172 Å². The fraction of sp³-hybridized carbons (Fsp3) is 0.843. The minimum absolute atomic E-state index is 0.161. The van der Waals surface area contributed by atoms with Gasteiger partial charge in [0.05, 0.1) is 6.61 Å². The van der Waals surface area contributed by atoms with E-state index in [1.54, 1.807) is 0 Å². The number of carbonyl (C=O) groups excluding carboxylic acids is 2. The Balaban J connectivity index is 2.35. The van der Waals surface area contributed by atoms with E-state index in [4.69, 9.17) is 18.9 Å². The number of hydrogen-bond donors (Lipinski definition) is 4. The lowest BCUT2D eigenvalue weighted by Gasteiger charge is -2.40. The SMILES string of the molecule is CCCCCC/C=C\CCCCCCCC(=O)OCC(COC1OC(CS(=O)(=O)O)C(O)C(O)C1O)OC(=O)CCCCCCCCCCCCC/C=C\C/C=C\CCCCCCC. The molecule has 64 heavy (non-hydrogen) atoms. The Hall–Kier alpha value is -2.13. The number of rotatable bonds is 43. The maximum absolute atomic E-state index is 12.9. The lowest BCUT2D eigenvalue weighted by Crippen LogP contribution is -2.60. The molecule has 0 saturated carbocycles. The number of esters is 2. The van der Waals surface area contributed by atoms with Gasteiger partial charge in [0.15, 0.2) is 12.4 Å². The molecule has 1 aliphatic heterocycles. The number of ether oxygens (including phenoxy) is 4. The molecule has 0 aromatic carbocycles. The molecule has 1 rings (SSSR count). The molecule has 0 aromatic rings. The van der Waals surface area contributed by atoms with Crippen LogP contribution in [0, 0.1) is 0 Å². The monoisotopic (exact) mass is 929 g/mol. The zero-order valence-electron chi connectivity index (χ0n) is 40.1. The van der Waals surface area contributed by atoms with Crippen molar-refractivity contribution >= 4 is 22.1 Å². The lowest BCUT2D eigenvalue weighted by molar-refractivity contribution is -0.297. The van der Waals surface area contributed by atoms with Gasteiger partial charge in [-0.3, -0.25) is 14.1 Å². The van der Waals surface area contributed by atoms with E-state index in [9.17, 15) is 37.9 Å². The van der Waals surface area contributed by atoms with Crippen molar-refractivity contribution in [2.45, 2.75) is 256 Å². The molecule has 0 radical (unpaired) electrons.